The lowest BCUT2D eigenvalue weighted by Gasteiger charge is -2.38. The Kier molecular flexibility index (Phi) is 2.19. The highest BCUT2D eigenvalue weighted by Gasteiger charge is 2.34. The summed E-state index contributed by atoms with van der Waals surface area (Å²) in [5.74, 6) is 0.559. The molecule has 2 atom stereocenters. The predicted molar refractivity (Wildman–Crippen MR) is 62.0 cm³/mol. The van der Waals surface area contributed by atoms with Crippen molar-refractivity contribution in [3.8, 4) is 0 Å². The smallest absolute Gasteiger partial charge is 0.0838 e. The minimum absolute atomic E-state index is 0.362. The summed E-state index contributed by atoms with van der Waals surface area (Å²) in [5, 5.41) is 7.70. The van der Waals surface area contributed by atoms with Crippen LogP contribution in [0.5, 0.6) is 0 Å². The average Bonchev–Trinajstić information content (AvgIpc) is 2.23. The molecule has 0 saturated heterocycles. The number of hydrogen-bond acceptors (Lipinski definition) is 2. The van der Waals surface area contributed by atoms with Gasteiger partial charge in [-0.15, -0.1) is 0 Å². The maximum absolute atomic E-state index is 6.11. The summed E-state index contributed by atoms with van der Waals surface area (Å²) in [5.41, 5.74) is 2.71. The molecule has 2 aliphatic rings. The van der Waals surface area contributed by atoms with E-state index in [1.165, 1.54) is 11.1 Å². The van der Waals surface area contributed by atoms with Gasteiger partial charge < -0.3 is 5.32 Å². The van der Waals surface area contributed by atoms with Crippen molar-refractivity contribution in [2.24, 2.45) is 0 Å². The van der Waals surface area contributed by atoms with Crippen molar-refractivity contribution < 1.29 is 0 Å². The van der Waals surface area contributed by atoms with E-state index < -0.39 is 0 Å². The van der Waals surface area contributed by atoms with Crippen molar-refractivity contribution >= 4 is 11.6 Å². The Labute approximate surface area is 94.3 Å². The summed E-state index contributed by atoms with van der Waals surface area (Å²) in [7, 11) is 0. The molecule has 0 fully saturated rings. The molecule has 1 aliphatic heterocycles. The highest BCUT2D eigenvalue weighted by atomic mass is 35.5. The molecule has 2 unspecified atom stereocenters. The first kappa shape index (κ1) is 9.25. The molecule has 78 valence electrons. The Morgan fingerprint density at radius 1 is 1.33 bits per heavy atom. The van der Waals surface area contributed by atoms with Crippen LogP contribution < -0.4 is 10.6 Å². The third kappa shape index (κ3) is 1.45. The van der Waals surface area contributed by atoms with Gasteiger partial charge in [0.1, 0.15) is 0 Å². The molecular formula is C12H13ClN2. The second kappa shape index (κ2) is 3.54. The Bertz CT molecular complexity index is 414. The fourth-order valence-corrected chi connectivity index (χ4v) is 2.64. The Morgan fingerprint density at radius 2 is 2.27 bits per heavy atom. The fourth-order valence-electron chi connectivity index (χ4n) is 2.38. The fraction of sp³-hybridized carbons (Fsp3) is 0.333. The summed E-state index contributed by atoms with van der Waals surface area (Å²) in [4.78, 5) is 0. The zero-order chi connectivity index (χ0) is 10.3. The Morgan fingerprint density at radius 3 is 3.07 bits per heavy atom. The lowest BCUT2D eigenvalue weighted by molar-refractivity contribution is 0.370. The van der Waals surface area contributed by atoms with Crippen LogP contribution in [0.4, 0.5) is 0 Å². The van der Waals surface area contributed by atoms with Gasteiger partial charge >= 0.3 is 0 Å². The SMILES string of the molecule is Clc1cccc2c1CC2C1NC=CCN1. The topological polar surface area (TPSA) is 24.1 Å². The van der Waals surface area contributed by atoms with Crippen molar-refractivity contribution in [3.05, 3.63) is 46.6 Å². The van der Waals surface area contributed by atoms with Crippen molar-refractivity contribution in [3.63, 3.8) is 0 Å². The second-order valence-corrected chi connectivity index (χ2v) is 4.48. The number of halogens is 1. The Balaban J connectivity index is 1.85. The van der Waals surface area contributed by atoms with E-state index >= 15 is 0 Å². The molecule has 3 heteroatoms. The van der Waals surface area contributed by atoms with Crippen molar-refractivity contribution in [1.29, 1.82) is 0 Å². The standard InChI is InChI=1S/C12H13ClN2/c13-11-4-1-3-8-9(11)7-10(8)12-14-5-2-6-15-12/h1-5,10,12,14-15H,6-7H2. The maximum Gasteiger partial charge on any atom is 0.0838 e. The van der Waals surface area contributed by atoms with Crippen LogP contribution in [0.15, 0.2) is 30.5 Å². The summed E-state index contributed by atoms with van der Waals surface area (Å²) in [6, 6.07) is 6.18. The van der Waals surface area contributed by atoms with Crippen LogP contribution in [0, 0.1) is 0 Å². The molecule has 0 radical (unpaired) electrons. The number of fused-ring (bicyclic) bond motifs is 1. The van der Waals surface area contributed by atoms with Gasteiger partial charge in [0.25, 0.3) is 0 Å². The molecule has 3 rings (SSSR count). The lowest BCUT2D eigenvalue weighted by Crippen LogP contribution is -2.50. The summed E-state index contributed by atoms with van der Waals surface area (Å²) in [6.07, 6.45) is 5.56. The number of rotatable bonds is 1. The molecule has 0 spiro atoms. The quantitative estimate of drug-likeness (QED) is 0.757. The molecular weight excluding hydrogens is 208 g/mol. The first-order valence-corrected chi connectivity index (χ1v) is 5.66. The maximum atomic E-state index is 6.11. The van der Waals surface area contributed by atoms with Gasteiger partial charge in [0, 0.05) is 17.5 Å². The highest BCUT2D eigenvalue weighted by Crippen LogP contribution is 2.40. The molecule has 15 heavy (non-hydrogen) atoms. The molecule has 1 aromatic carbocycles. The highest BCUT2D eigenvalue weighted by molar-refractivity contribution is 6.31. The largest absolute Gasteiger partial charge is 0.375 e. The van der Waals surface area contributed by atoms with E-state index in [0.717, 1.165) is 18.0 Å². The predicted octanol–water partition coefficient (Wildman–Crippen LogP) is 2.01. The van der Waals surface area contributed by atoms with Gasteiger partial charge in [-0.2, -0.15) is 0 Å². The van der Waals surface area contributed by atoms with E-state index in [1.54, 1.807) is 0 Å². The monoisotopic (exact) mass is 220 g/mol. The van der Waals surface area contributed by atoms with Crippen LogP contribution in [0.25, 0.3) is 0 Å². The van der Waals surface area contributed by atoms with Crippen LogP contribution in [0.2, 0.25) is 5.02 Å². The zero-order valence-corrected chi connectivity index (χ0v) is 9.09. The molecule has 0 saturated carbocycles. The molecule has 2 nitrogen and oxygen atoms in total. The van der Waals surface area contributed by atoms with Crippen molar-refractivity contribution in [2.45, 2.75) is 18.5 Å². The zero-order valence-electron chi connectivity index (χ0n) is 8.33. The second-order valence-electron chi connectivity index (χ2n) is 4.07. The van der Waals surface area contributed by atoms with E-state index in [1.807, 2.05) is 18.3 Å². The minimum atomic E-state index is 0.362. The van der Waals surface area contributed by atoms with Crippen molar-refractivity contribution in [2.75, 3.05) is 6.54 Å². The van der Waals surface area contributed by atoms with Gasteiger partial charge in [-0.3, -0.25) is 5.32 Å². The third-order valence-corrected chi connectivity index (χ3v) is 3.58. The van der Waals surface area contributed by atoms with E-state index in [-0.39, 0.29) is 0 Å². The average molecular weight is 221 g/mol. The first-order valence-electron chi connectivity index (χ1n) is 5.28. The lowest BCUT2D eigenvalue weighted by atomic mass is 9.75. The van der Waals surface area contributed by atoms with Crippen LogP contribution >= 0.6 is 11.6 Å². The third-order valence-electron chi connectivity index (χ3n) is 3.23. The van der Waals surface area contributed by atoms with Gasteiger partial charge in [0.05, 0.1) is 6.17 Å². The molecule has 1 heterocycles. The molecule has 0 bridgehead atoms. The normalized spacial score (nSPS) is 27.8. The number of benzene rings is 1. The van der Waals surface area contributed by atoms with Crippen LogP contribution in [0.3, 0.4) is 0 Å². The summed E-state index contributed by atoms with van der Waals surface area (Å²) < 4.78 is 0. The molecule has 2 N–H and O–H groups in total. The molecule has 1 aliphatic carbocycles. The van der Waals surface area contributed by atoms with E-state index in [2.05, 4.69) is 22.8 Å². The minimum Gasteiger partial charge on any atom is -0.375 e. The number of nitrogens with one attached hydrogen (secondary N) is 2. The van der Waals surface area contributed by atoms with Gasteiger partial charge in [-0.05, 0) is 29.8 Å². The van der Waals surface area contributed by atoms with Crippen LogP contribution in [-0.4, -0.2) is 12.7 Å². The van der Waals surface area contributed by atoms with Crippen LogP contribution in [0.1, 0.15) is 17.0 Å². The Hall–Kier alpha value is -0.990. The van der Waals surface area contributed by atoms with E-state index in [0.29, 0.717) is 12.1 Å². The van der Waals surface area contributed by atoms with Crippen molar-refractivity contribution in [1.82, 2.24) is 10.6 Å². The summed E-state index contributed by atoms with van der Waals surface area (Å²) >= 11 is 6.11. The van der Waals surface area contributed by atoms with E-state index in [4.69, 9.17) is 11.6 Å². The van der Waals surface area contributed by atoms with Gasteiger partial charge in [-0.25, -0.2) is 0 Å². The van der Waals surface area contributed by atoms with Gasteiger partial charge in [0.2, 0.25) is 0 Å². The van der Waals surface area contributed by atoms with Crippen LogP contribution in [-0.2, 0) is 6.42 Å². The van der Waals surface area contributed by atoms with Gasteiger partial charge in [0.15, 0.2) is 0 Å². The summed E-state index contributed by atoms with van der Waals surface area (Å²) in [6.45, 7) is 0.948. The van der Waals surface area contributed by atoms with Gasteiger partial charge in [-0.1, -0.05) is 29.8 Å². The molecule has 0 aromatic heterocycles. The van der Waals surface area contributed by atoms with E-state index in [9.17, 15) is 0 Å². The number of hydrogen-bond donors (Lipinski definition) is 2. The molecule has 1 aromatic rings. The molecule has 0 amide bonds. The first-order chi connectivity index (χ1) is 7.36.